The van der Waals surface area contributed by atoms with Crippen molar-refractivity contribution in [1.82, 2.24) is 14.8 Å². The van der Waals surface area contributed by atoms with Gasteiger partial charge < -0.3 is 10.1 Å². The first-order chi connectivity index (χ1) is 10.5. The molecule has 0 aliphatic rings. The van der Waals surface area contributed by atoms with E-state index in [9.17, 15) is 10.1 Å². The van der Waals surface area contributed by atoms with Crippen LogP contribution in [0.1, 0.15) is 23.7 Å². The summed E-state index contributed by atoms with van der Waals surface area (Å²) >= 11 is 0. The third-order valence-electron chi connectivity index (χ3n) is 3.44. The summed E-state index contributed by atoms with van der Waals surface area (Å²) in [5, 5.41) is 18.6. The lowest BCUT2D eigenvalue weighted by atomic mass is 10.2. The molecule has 1 N–H and O–H groups in total. The molecular formula is C14H19N5O3. The number of nitrogens with zero attached hydrogens (tertiary/aromatic N) is 4. The molecule has 0 saturated carbocycles. The van der Waals surface area contributed by atoms with E-state index in [4.69, 9.17) is 4.74 Å². The number of rotatable bonds is 6. The van der Waals surface area contributed by atoms with Crippen molar-refractivity contribution in [2.75, 3.05) is 12.4 Å². The summed E-state index contributed by atoms with van der Waals surface area (Å²) in [6.07, 6.45) is 2.30. The topological polar surface area (TPSA) is 95.1 Å². The minimum Gasteiger partial charge on any atom is -0.481 e. The third-order valence-corrected chi connectivity index (χ3v) is 3.44. The zero-order valence-electron chi connectivity index (χ0n) is 13.1. The first kappa shape index (κ1) is 15.7. The molecule has 0 fully saturated rings. The molecule has 2 aromatic heterocycles. The van der Waals surface area contributed by atoms with Gasteiger partial charge in [0.2, 0.25) is 11.7 Å². The highest BCUT2D eigenvalue weighted by Gasteiger charge is 2.20. The SMILES string of the molecule is CCc1nn(C)c(OC)c1CNc1nccc(C)c1[N+](=O)[O-]. The highest BCUT2D eigenvalue weighted by atomic mass is 16.6. The fraction of sp³-hybridized carbons (Fsp3) is 0.429. The predicted octanol–water partition coefficient (Wildman–Crippen LogP) is 2.21. The zero-order valence-corrected chi connectivity index (χ0v) is 13.1. The molecule has 0 saturated heterocycles. The van der Waals surface area contributed by atoms with Gasteiger partial charge in [-0.25, -0.2) is 9.67 Å². The Morgan fingerprint density at radius 2 is 2.23 bits per heavy atom. The lowest BCUT2D eigenvalue weighted by Gasteiger charge is -2.09. The van der Waals surface area contributed by atoms with Crippen molar-refractivity contribution < 1.29 is 9.66 Å². The minimum absolute atomic E-state index is 0.0107. The largest absolute Gasteiger partial charge is 0.481 e. The molecule has 0 aliphatic heterocycles. The van der Waals surface area contributed by atoms with Gasteiger partial charge in [-0.15, -0.1) is 0 Å². The first-order valence-corrected chi connectivity index (χ1v) is 6.92. The number of aromatic nitrogens is 3. The number of aryl methyl sites for hydroxylation is 3. The predicted molar refractivity (Wildman–Crippen MR) is 82.1 cm³/mol. The Bertz CT molecular complexity index is 696. The Labute approximate surface area is 128 Å². The van der Waals surface area contributed by atoms with E-state index in [2.05, 4.69) is 15.4 Å². The van der Waals surface area contributed by atoms with Crippen LogP contribution in [0.25, 0.3) is 0 Å². The number of ether oxygens (including phenoxy) is 1. The number of pyridine rings is 1. The molecule has 118 valence electrons. The number of hydrogen-bond donors (Lipinski definition) is 1. The normalized spacial score (nSPS) is 10.5. The van der Waals surface area contributed by atoms with E-state index in [1.807, 2.05) is 6.92 Å². The molecule has 2 rings (SSSR count). The van der Waals surface area contributed by atoms with Crippen LogP contribution in [0.5, 0.6) is 5.88 Å². The smallest absolute Gasteiger partial charge is 0.314 e. The Hall–Kier alpha value is -2.64. The second-order valence-electron chi connectivity index (χ2n) is 4.85. The number of nitrogens with one attached hydrogen (secondary N) is 1. The fourth-order valence-corrected chi connectivity index (χ4v) is 2.41. The molecule has 0 atom stereocenters. The van der Waals surface area contributed by atoms with Crippen LogP contribution in [0.15, 0.2) is 12.3 Å². The number of anilines is 1. The highest BCUT2D eigenvalue weighted by Crippen LogP contribution is 2.28. The van der Waals surface area contributed by atoms with Crippen molar-refractivity contribution in [2.24, 2.45) is 7.05 Å². The van der Waals surface area contributed by atoms with Crippen LogP contribution in [-0.2, 0) is 20.0 Å². The Balaban J connectivity index is 2.32. The quantitative estimate of drug-likeness (QED) is 0.649. The van der Waals surface area contributed by atoms with Crippen LogP contribution in [0.4, 0.5) is 11.5 Å². The second kappa shape index (κ2) is 6.42. The maximum Gasteiger partial charge on any atom is 0.314 e. The fourth-order valence-electron chi connectivity index (χ4n) is 2.41. The molecule has 0 spiro atoms. The molecule has 2 aromatic rings. The lowest BCUT2D eigenvalue weighted by molar-refractivity contribution is -0.384. The van der Waals surface area contributed by atoms with Crippen molar-refractivity contribution in [3.8, 4) is 5.88 Å². The van der Waals surface area contributed by atoms with Crippen LogP contribution in [0.2, 0.25) is 0 Å². The highest BCUT2D eigenvalue weighted by molar-refractivity contribution is 5.60. The number of hydrogen-bond acceptors (Lipinski definition) is 6. The minimum atomic E-state index is -0.425. The lowest BCUT2D eigenvalue weighted by Crippen LogP contribution is -2.07. The summed E-state index contributed by atoms with van der Waals surface area (Å²) in [5.41, 5.74) is 2.33. The maximum absolute atomic E-state index is 11.2. The van der Waals surface area contributed by atoms with Gasteiger partial charge in [0, 0.05) is 25.4 Å². The van der Waals surface area contributed by atoms with Gasteiger partial charge in [-0.1, -0.05) is 6.92 Å². The van der Waals surface area contributed by atoms with E-state index in [1.54, 1.807) is 38.0 Å². The molecule has 0 bridgehead atoms. The Kier molecular flexibility index (Phi) is 4.59. The van der Waals surface area contributed by atoms with Crippen molar-refractivity contribution in [3.05, 3.63) is 39.2 Å². The van der Waals surface area contributed by atoms with Gasteiger partial charge in [0.1, 0.15) is 0 Å². The van der Waals surface area contributed by atoms with Gasteiger partial charge in [0.05, 0.1) is 23.3 Å². The number of nitro groups is 1. The van der Waals surface area contributed by atoms with Gasteiger partial charge >= 0.3 is 5.69 Å². The van der Waals surface area contributed by atoms with Crippen LogP contribution >= 0.6 is 0 Å². The Morgan fingerprint density at radius 3 is 2.82 bits per heavy atom. The van der Waals surface area contributed by atoms with Gasteiger partial charge in [-0.2, -0.15) is 5.10 Å². The van der Waals surface area contributed by atoms with E-state index in [0.717, 1.165) is 17.7 Å². The van der Waals surface area contributed by atoms with E-state index < -0.39 is 4.92 Å². The summed E-state index contributed by atoms with van der Waals surface area (Å²) < 4.78 is 7.02. The standard InChI is InChI=1S/C14H19N5O3/c1-5-11-10(14(22-4)18(3)17-11)8-16-13-12(19(20)21)9(2)6-7-15-13/h6-7H,5,8H2,1-4H3,(H,15,16). The van der Waals surface area contributed by atoms with Gasteiger partial charge in [0.25, 0.3) is 0 Å². The van der Waals surface area contributed by atoms with E-state index in [1.165, 1.54) is 0 Å². The third kappa shape index (κ3) is 2.85. The molecule has 0 radical (unpaired) electrons. The zero-order chi connectivity index (χ0) is 16.3. The molecule has 0 unspecified atom stereocenters. The van der Waals surface area contributed by atoms with Gasteiger partial charge in [-0.05, 0) is 19.4 Å². The van der Waals surface area contributed by atoms with Crippen molar-refractivity contribution in [3.63, 3.8) is 0 Å². The van der Waals surface area contributed by atoms with Crippen LogP contribution in [-0.4, -0.2) is 26.8 Å². The first-order valence-electron chi connectivity index (χ1n) is 6.92. The molecule has 0 amide bonds. The van der Waals surface area contributed by atoms with Crippen LogP contribution in [0.3, 0.4) is 0 Å². The van der Waals surface area contributed by atoms with Gasteiger partial charge in [-0.3, -0.25) is 10.1 Å². The second-order valence-corrected chi connectivity index (χ2v) is 4.85. The van der Waals surface area contributed by atoms with Gasteiger partial charge in [0.15, 0.2) is 0 Å². The van der Waals surface area contributed by atoms with Crippen LogP contribution in [0, 0.1) is 17.0 Å². The Morgan fingerprint density at radius 1 is 1.50 bits per heavy atom. The average Bonchev–Trinajstić information content (AvgIpc) is 2.79. The van der Waals surface area contributed by atoms with E-state index in [-0.39, 0.29) is 11.5 Å². The molecule has 0 aliphatic carbocycles. The van der Waals surface area contributed by atoms with Crippen LogP contribution < -0.4 is 10.1 Å². The summed E-state index contributed by atoms with van der Waals surface area (Å²) in [5.74, 6) is 0.887. The molecule has 8 nitrogen and oxygen atoms in total. The van der Waals surface area contributed by atoms with E-state index >= 15 is 0 Å². The molecule has 8 heteroatoms. The summed E-state index contributed by atoms with van der Waals surface area (Å²) in [7, 11) is 3.38. The van der Waals surface area contributed by atoms with Crippen molar-refractivity contribution in [1.29, 1.82) is 0 Å². The van der Waals surface area contributed by atoms with E-state index in [0.29, 0.717) is 18.0 Å². The summed E-state index contributed by atoms with van der Waals surface area (Å²) in [4.78, 5) is 14.8. The average molecular weight is 305 g/mol. The molecule has 22 heavy (non-hydrogen) atoms. The number of methoxy groups -OCH3 is 1. The molecular weight excluding hydrogens is 286 g/mol. The van der Waals surface area contributed by atoms with Crippen molar-refractivity contribution >= 4 is 11.5 Å². The molecule has 2 heterocycles. The summed E-state index contributed by atoms with van der Waals surface area (Å²) in [6.45, 7) is 4.04. The maximum atomic E-state index is 11.2. The summed E-state index contributed by atoms with van der Waals surface area (Å²) in [6, 6.07) is 1.62. The van der Waals surface area contributed by atoms with Crippen molar-refractivity contribution in [2.45, 2.75) is 26.8 Å². The molecule has 0 aromatic carbocycles. The monoisotopic (exact) mass is 305 g/mol.